The van der Waals surface area contributed by atoms with Crippen molar-refractivity contribution in [3.8, 4) is 0 Å². The van der Waals surface area contributed by atoms with E-state index in [1.807, 2.05) is 0 Å². The van der Waals surface area contributed by atoms with Crippen molar-refractivity contribution >= 4 is 16.0 Å². The number of carboxylic acid groups (broad SMARTS) is 1. The molecule has 0 radical (unpaired) electrons. The first-order chi connectivity index (χ1) is 9.85. The van der Waals surface area contributed by atoms with Gasteiger partial charge in [0.1, 0.15) is 16.3 Å². The standard InChI is InChI=1S/C12H13F2NO5S/c13-8-2-3-9(11(14)10(8)12(16)17)21(18,19)15-4-1-6-20-7-5-15/h2-3H,1,4-7H2,(H,16,17). The van der Waals surface area contributed by atoms with Crippen LogP contribution in [-0.2, 0) is 14.8 Å². The summed E-state index contributed by atoms with van der Waals surface area (Å²) in [4.78, 5) is 10.0. The number of hydrogen-bond donors (Lipinski definition) is 1. The van der Waals surface area contributed by atoms with Gasteiger partial charge >= 0.3 is 5.97 Å². The van der Waals surface area contributed by atoms with Crippen molar-refractivity contribution in [2.24, 2.45) is 0 Å². The predicted molar refractivity (Wildman–Crippen MR) is 67.5 cm³/mol. The molecule has 116 valence electrons. The largest absolute Gasteiger partial charge is 0.477 e. The van der Waals surface area contributed by atoms with E-state index in [1.165, 1.54) is 0 Å². The van der Waals surface area contributed by atoms with Crippen LogP contribution in [0.1, 0.15) is 16.8 Å². The maximum absolute atomic E-state index is 14.1. The molecule has 1 heterocycles. The van der Waals surface area contributed by atoms with Gasteiger partial charge in [-0.2, -0.15) is 4.31 Å². The van der Waals surface area contributed by atoms with Gasteiger partial charge in [0.15, 0.2) is 5.82 Å². The van der Waals surface area contributed by atoms with Crippen LogP contribution in [0.5, 0.6) is 0 Å². The van der Waals surface area contributed by atoms with Gasteiger partial charge in [-0.1, -0.05) is 0 Å². The zero-order valence-electron chi connectivity index (χ0n) is 10.9. The molecule has 1 aliphatic rings. The van der Waals surface area contributed by atoms with Crippen molar-refractivity contribution in [2.45, 2.75) is 11.3 Å². The number of ether oxygens (including phenoxy) is 1. The first-order valence-corrected chi connectivity index (χ1v) is 7.59. The van der Waals surface area contributed by atoms with E-state index in [1.54, 1.807) is 0 Å². The lowest BCUT2D eigenvalue weighted by Gasteiger charge is -2.20. The highest BCUT2D eigenvalue weighted by Gasteiger charge is 2.31. The van der Waals surface area contributed by atoms with Crippen LogP contribution in [0.2, 0.25) is 0 Å². The van der Waals surface area contributed by atoms with E-state index in [0.29, 0.717) is 19.1 Å². The molecule has 0 bridgehead atoms. The van der Waals surface area contributed by atoms with Crippen molar-refractivity contribution < 1.29 is 31.8 Å². The van der Waals surface area contributed by atoms with Crippen LogP contribution in [0, 0.1) is 11.6 Å². The number of hydrogen-bond acceptors (Lipinski definition) is 4. The second-order valence-corrected chi connectivity index (χ2v) is 6.32. The van der Waals surface area contributed by atoms with Crippen molar-refractivity contribution in [2.75, 3.05) is 26.3 Å². The van der Waals surface area contributed by atoms with Gasteiger partial charge < -0.3 is 9.84 Å². The number of sulfonamides is 1. The molecule has 2 rings (SSSR count). The number of carboxylic acids is 1. The molecule has 1 aliphatic heterocycles. The first-order valence-electron chi connectivity index (χ1n) is 6.15. The Hall–Kier alpha value is -1.58. The van der Waals surface area contributed by atoms with Crippen LogP contribution >= 0.6 is 0 Å². The third-order valence-electron chi connectivity index (χ3n) is 3.07. The molecule has 0 atom stereocenters. The second kappa shape index (κ2) is 6.04. The summed E-state index contributed by atoms with van der Waals surface area (Å²) < 4.78 is 58.2. The molecule has 1 N–H and O–H groups in total. The van der Waals surface area contributed by atoms with Crippen molar-refractivity contribution in [1.29, 1.82) is 0 Å². The van der Waals surface area contributed by atoms with Gasteiger partial charge in [0.25, 0.3) is 0 Å². The van der Waals surface area contributed by atoms with Gasteiger partial charge in [0.05, 0.1) is 6.61 Å². The van der Waals surface area contributed by atoms with E-state index in [2.05, 4.69) is 0 Å². The van der Waals surface area contributed by atoms with Crippen LogP contribution in [0.3, 0.4) is 0 Å². The molecule has 1 saturated heterocycles. The number of benzene rings is 1. The molecule has 1 aromatic rings. The molecule has 9 heteroatoms. The zero-order chi connectivity index (χ0) is 15.6. The fraction of sp³-hybridized carbons (Fsp3) is 0.417. The number of halogens is 2. The normalized spacial score (nSPS) is 17.4. The summed E-state index contributed by atoms with van der Waals surface area (Å²) in [5.74, 6) is -4.77. The number of rotatable bonds is 3. The molecule has 1 aromatic carbocycles. The molecule has 6 nitrogen and oxygen atoms in total. The topological polar surface area (TPSA) is 83.9 Å². The van der Waals surface area contributed by atoms with Gasteiger partial charge in [0.2, 0.25) is 10.0 Å². The lowest BCUT2D eigenvalue weighted by molar-refractivity contribution is 0.0685. The monoisotopic (exact) mass is 321 g/mol. The van der Waals surface area contributed by atoms with E-state index in [4.69, 9.17) is 9.84 Å². The summed E-state index contributed by atoms with van der Waals surface area (Å²) in [6, 6.07) is 1.37. The van der Waals surface area contributed by atoms with Crippen LogP contribution in [0.25, 0.3) is 0 Å². The van der Waals surface area contributed by atoms with E-state index >= 15 is 0 Å². The van der Waals surface area contributed by atoms with Crippen LogP contribution in [-0.4, -0.2) is 50.1 Å². The molecule has 0 aliphatic carbocycles. The minimum atomic E-state index is -4.24. The van der Waals surface area contributed by atoms with E-state index in [-0.39, 0.29) is 19.7 Å². The molecule has 0 unspecified atom stereocenters. The van der Waals surface area contributed by atoms with E-state index in [9.17, 15) is 22.0 Å². The molecule has 0 aromatic heterocycles. The maximum Gasteiger partial charge on any atom is 0.341 e. The number of aromatic carboxylic acids is 1. The van der Waals surface area contributed by atoms with Crippen LogP contribution in [0.4, 0.5) is 8.78 Å². The molecule has 1 fully saturated rings. The van der Waals surface area contributed by atoms with E-state index in [0.717, 1.165) is 10.4 Å². The Kier molecular flexibility index (Phi) is 4.55. The number of carbonyl (C=O) groups is 1. The Bertz CT molecular complexity index is 654. The Morgan fingerprint density at radius 2 is 1.95 bits per heavy atom. The quantitative estimate of drug-likeness (QED) is 0.900. The summed E-state index contributed by atoms with van der Waals surface area (Å²) >= 11 is 0. The lowest BCUT2D eigenvalue weighted by atomic mass is 10.2. The highest BCUT2D eigenvalue weighted by atomic mass is 32.2. The Morgan fingerprint density at radius 1 is 1.24 bits per heavy atom. The highest BCUT2D eigenvalue weighted by molar-refractivity contribution is 7.89. The smallest absolute Gasteiger partial charge is 0.341 e. The molecule has 0 saturated carbocycles. The third-order valence-corrected chi connectivity index (χ3v) is 4.98. The second-order valence-electron chi connectivity index (χ2n) is 4.41. The van der Waals surface area contributed by atoms with Crippen molar-refractivity contribution in [1.82, 2.24) is 4.31 Å². The Morgan fingerprint density at radius 3 is 2.62 bits per heavy atom. The van der Waals surface area contributed by atoms with Gasteiger partial charge in [0, 0.05) is 19.7 Å². The van der Waals surface area contributed by atoms with Crippen LogP contribution in [0.15, 0.2) is 17.0 Å². The van der Waals surface area contributed by atoms with Crippen LogP contribution < -0.4 is 0 Å². The maximum atomic E-state index is 14.1. The van der Waals surface area contributed by atoms with Gasteiger partial charge in [-0.25, -0.2) is 22.0 Å². The van der Waals surface area contributed by atoms with E-state index < -0.39 is 38.1 Å². The average molecular weight is 321 g/mol. The molecular formula is C12H13F2NO5S. The SMILES string of the molecule is O=C(O)c1c(F)ccc(S(=O)(=O)N2CCCOCC2)c1F. The molecule has 0 spiro atoms. The lowest BCUT2D eigenvalue weighted by Crippen LogP contribution is -2.34. The predicted octanol–water partition coefficient (Wildman–Crippen LogP) is 1.07. The minimum absolute atomic E-state index is 0.0293. The highest BCUT2D eigenvalue weighted by Crippen LogP contribution is 2.24. The summed E-state index contributed by atoms with van der Waals surface area (Å²) in [6.45, 7) is 0.704. The summed E-state index contributed by atoms with van der Waals surface area (Å²) in [7, 11) is -4.24. The Balaban J connectivity index is 2.49. The fourth-order valence-electron chi connectivity index (χ4n) is 2.03. The molecular weight excluding hydrogens is 308 g/mol. The van der Waals surface area contributed by atoms with Gasteiger partial charge in [-0.15, -0.1) is 0 Å². The number of nitrogens with zero attached hydrogens (tertiary/aromatic N) is 1. The molecule has 0 amide bonds. The first kappa shape index (κ1) is 15.8. The minimum Gasteiger partial charge on any atom is -0.477 e. The van der Waals surface area contributed by atoms with Gasteiger partial charge in [-0.3, -0.25) is 0 Å². The summed E-state index contributed by atoms with van der Waals surface area (Å²) in [6.07, 6.45) is 0.438. The zero-order valence-corrected chi connectivity index (χ0v) is 11.7. The Labute approximate surface area is 120 Å². The van der Waals surface area contributed by atoms with Gasteiger partial charge in [-0.05, 0) is 18.6 Å². The average Bonchev–Trinajstić information content (AvgIpc) is 2.67. The summed E-state index contributed by atoms with van der Waals surface area (Å²) in [5.41, 5.74) is -1.28. The fourth-order valence-corrected chi connectivity index (χ4v) is 3.56. The third kappa shape index (κ3) is 3.04. The molecule has 21 heavy (non-hydrogen) atoms. The van der Waals surface area contributed by atoms with Crippen molar-refractivity contribution in [3.05, 3.63) is 29.3 Å². The summed E-state index contributed by atoms with van der Waals surface area (Å²) in [5, 5.41) is 8.78. The van der Waals surface area contributed by atoms with Crippen molar-refractivity contribution in [3.63, 3.8) is 0 Å².